The number of fused-ring (bicyclic) bond motifs is 1. The van der Waals surface area contributed by atoms with Crippen LogP contribution in [0.4, 0.5) is 0 Å². The maximum atomic E-state index is 11.6. The Morgan fingerprint density at radius 1 is 1.53 bits per heavy atom. The van der Waals surface area contributed by atoms with Crippen LogP contribution in [0.3, 0.4) is 0 Å². The maximum Gasteiger partial charge on any atom is 0.374 e. The largest absolute Gasteiger partial charge is 0.463 e. The number of thiocarbonyl (C=S) groups is 1. The minimum Gasteiger partial charge on any atom is -0.463 e. The van der Waals surface area contributed by atoms with E-state index < -0.39 is 5.97 Å². The van der Waals surface area contributed by atoms with E-state index in [0.29, 0.717) is 0 Å². The first-order valence-electron chi connectivity index (χ1n) is 5.87. The van der Waals surface area contributed by atoms with Gasteiger partial charge in [-0.25, -0.2) is 4.79 Å². The van der Waals surface area contributed by atoms with Crippen LogP contribution in [-0.2, 0) is 11.2 Å². The van der Waals surface area contributed by atoms with Crippen molar-refractivity contribution in [2.75, 3.05) is 7.11 Å². The van der Waals surface area contributed by atoms with E-state index in [0.717, 1.165) is 41.9 Å². The van der Waals surface area contributed by atoms with Crippen LogP contribution in [-0.4, -0.2) is 23.9 Å². The molecule has 1 aromatic rings. The summed E-state index contributed by atoms with van der Waals surface area (Å²) in [4.78, 5) is 11.6. The number of carbonyl (C=O) groups excluding carboxylic acids is 1. The Hall–Kier alpha value is -1.89. The first-order chi connectivity index (χ1) is 9.04. The summed E-state index contributed by atoms with van der Waals surface area (Å²) in [6.07, 6.45) is 2.46. The van der Waals surface area contributed by atoms with Crippen LogP contribution in [0.5, 0.6) is 0 Å². The summed E-state index contributed by atoms with van der Waals surface area (Å²) in [6.45, 7) is 1.82. The van der Waals surface area contributed by atoms with E-state index in [1.807, 2.05) is 6.92 Å². The molecule has 0 fully saturated rings. The van der Waals surface area contributed by atoms with Crippen LogP contribution >= 0.6 is 12.2 Å². The summed E-state index contributed by atoms with van der Waals surface area (Å²) < 4.78 is 10.3. The number of hydrazone groups is 1. The summed E-state index contributed by atoms with van der Waals surface area (Å²) in [5.74, 6) is 0.513. The fourth-order valence-corrected chi connectivity index (χ4v) is 2.24. The number of nitrogens with two attached hydrogens (primary N) is 1. The third kappa shape index (κ3) is 2.60. The molecule has 1 aliphatic rings. The molecule has 0 saturated heterocycles. The number of nitrogens with zero attached hydrogens (tertiary/aromatic N) is 1. The van der Waals surface area contributed by atoms with Gasteiger partial charge in [-0.3, -0.25) is 5.43 Å². The van der Waals surface area contributed by atoms with Crippen LogP contribution in [0, 0.1) is 6.92 Å². The fourth-order valence-electron chi connectivity index (χ4n) is 2.19. The molecule has 1 aliphatic carbocycles. The van der Waals surface area contributed by atoms with E-state index >= 15 is 0 Å². The van der Waals surface area contributed by atoms with Crippen molar-refractivity contribution in [3.8, 4) is 0 Å². The number of esters is 1. The molecule has 6 nitrogen and oxygen atoms in total. The van der Waals surface area contributed by atoms with Crippen molar-refractivity contribution in [3.63, 3.8) is 0 Å². The van der Waals surface area contributed by atoms with Crippen molar-refractivity contribution >= 4 is 29.0 Å². The molecule has 1 aromatic heterocycles. The third-order valence-electron chi connectivity index (χ3n) is 3.00. The number of methoxy groups -OCH3 is 1. The van der Waals surface area contributed by atoms with Gasteiger partial charge in [-0.15, -0.1) is 0 Å². The smallest absolute Gasteiger partial charge is 0.374 e. The lowest BCUT2D eigenvalue weighted by molar-refractivity contribution is 0.0562. The Morgan fingerprint density at radius 2 is 2.26 bits per heavy atom. The molecule has 0 aliphatic heterocycles. The monoisotopic (exact) mass is 281 g/mol. The van der Waals surface area contributed by atoms with Crippen molar-refractivity contribution in [2.45, 2.75) is 26.2 Å². The number of ether oxygens (including phenoxy) is 1. The Labute approximate surface area is 116 Å². The average molecular weight is 281 g/mol. The average Bonchev–Trinajstić information content (AvgIpc) is 2.73. The van der Waals surface area contributed by atoms with Gasteiger partial charge in [0.2, 0.25) is 5.76 Å². The van der Waals surface area contributed by atoms with Gasteiger partial charge in [0.25, 0.3) is 0 Å². The van der Waals surface area contributed by atoms with Gasteiger partial charge in [-0.05, 0) is 32.0 Å². The first-order valence-corrected chi connectivity index (χ1v) is 6.28. The number of carbonyl (C=O) groups is 1. The molecule has 2 rings (SSSR count). The van der Waals surface area contributed by atoms with Gasteiger partial charge in [-0.2, -0.15) is 5.10 Å². The molecule has 0 atom stereocenters. The topological polar surface area (TPSA) is 89.8 Å². The molecule has 0 saturated carbocycles. The number of furan rings is 1. The van der Waals surface area contributed by atoms with E-state index in [1.165, 1.54) is 7.11 Å². The number of nitrogens with one attached hydrogen (secondary N) is 1. The summed E-state index contributed by atoms with van der Waals surface area (Å²) in [5, 5.41) is 4.28. The lowest BCUT2D eigenvalue weighted by atomic mass is 9.93. The van der Waals surface area contributed by atoms with E-state index in [4.69, 9.17) is 27.1 Å². The Kier molecular flexibility index (Phi) is 3.84. The quantitative estimate of drug-likeness (QED) is 0.482. The molecule has 0 aromatic carbocycles. The highest BCUT2D eigenvalue weighted by Gasteiger charge is 2.28. The maximum absolute atomic E-state index is 11.6. The molecule has 19 heavy (non-hydrogen) atoms. The lowest BCUT2D eigenvalue weighted by Gasteiger charge is -2.13. The summed E-state index contributed by atoms with van der Waals surface area (Å²) in [7, 11) is 1.33. The summed E-state index contributed by atoms with van der Waals surface area (Å²) >= 11 is 4.72. The van der Waals surface area contributed by atoms with Gasteiger partial charge in [0.1, 0.15) is 5.76 Å². The van der Waals surface area contributed by atoms with Crippen molar-refractivity contribution in [3.05, 3.63) is 22.6 Å². The van der Waals surface area contributed by atoms with Crippen LogP contribution < -0.4 is 11.2 Å². The molecular formula is C12H15N3O3S. The standard InChI is InChI=1S/C12H15N3O3S/c1-6-9-7(14-15-12(13)19)4-3-5-8(9)18-10(6)11(16)17-2/h3-5H2,1-2H3,(H3,13,15,19)/b14-7+. The molecule has 0 bridgehead atoms. The van der Waals surface area contributed by atoms with Crippen molar-refractivity contribution in [1.82, 2.24) is 5.43 Å². The Morgan fingerprint density at radius 3 is 2.89 bits per heavy atom. The normalized spacial score (nSPS) is 16.0. The van der Waals surface area contributed by atoms with Crippen molar-refractivity contribution in [2.24, 2.45) is 10.8 Å². The first kappa shape index (κ1) is 13.5. The minimum absolute atomic E-state index is 0.106. The highest BCUT2D eigenvalue weighted by Crippen LogP contribution is 2.30. The fraction of sp³-hybridized carbons (Fsp3) is 0.417. The third-order valence-corrected chi connectivity index (χ3v) is 3.09. The van der Waals surface area contributed by atoms with Gasteiger partial charge in [0.05, 0.1) is 12.8 Å². The number of aryl methyl sites for hydroxylation is 1. The van der Waals surface area contributed by atoms with Crippen LogP contribution in [0.25, 0.3) is 0 Å². The second kappa shape index (κ2) is 5.40. The van der Waals surface area contributed by atoms with Crippen LogP contribution in [0.1, 0.15) is 40.3 Å². The summed E-state index contributed by atoms with van der Waals surface area (Å²) in [5.41, 5.74) is 10.3. The molecule has 0 radical (unpaired) electrons. The SMILES string of the molecule is COC(=O)c1oc2c(c1C)/C(=N/NC(N)=S)CCC2. The summed E-state index contributed by atoms with van der Waals surface area (Å²) in [6, 6.07) is 0. The van der Waals surface area contributed by atoms with Gasteiger partial charge in [0, 0.05) is 17.5 Å². The molecule has 0 amide bonds. The molecule has 3 N–H and O–H groups in total. The highest BCUT2D eigenvalue weighted by molar-refractivity contribution is 7.80. The predicted octanol–water partition coefficient (Wildman–Crippen LogP) is 1.25. The minimum atomic E-state index is -0.478. The van der Waals surface area contributed by atoms with E-state index in [1.54, 1.807) is 0 Å². The number of rotatable bonds is 2. The van der Waals surface area contributed by atoms with Crippen molar-refractivity contribution < 1.29 is 13.9 Å². The molecule has 102 valence electrons. The molecule has 7 heteroatoms. The lowest BCUT2D eigenvalue weighted by Crippen LogP contribution is -2.26. The molecule has 0 unspecified atom stereocenters. The zero-order valence-electron chi connectivity index (χ0n) is 10.8. The second-order valence-corrected chi connectivity index (χ2v) is 4.67. The number of hydrogen-bond donors (Lipinski definition) is 2. The number of hydrogen-bond acceptors (Lipinski definition) is 5. The van der Waals surface area contributed by atoms with E-state index in [9.17, 15) is 4.79 Å². The van der Waals surface area contributed by atoms with Crippen LogP contribution in [0.15, 0.2) is 9.52 Å². The molecular weight excluding hydrogens is 266 g/mol. The van der Waals surface area contributed by atoms with Crippen LogP contribution in [0.2, 0.25) is 0 Å². The predicted molar refractivity (Wildman–Crippen MR) is 74.2 cm³/mol. The van der Waals surface area contributed by atoms with Gasteiger partial charge in [-0.1, -0.05) is 0 Å². The van der Waals surface area contributed by atoms with Crippen molar-refractivity contribution in [1.29, 1.82) is 0 Å². The zero-order chi connectivity index (χ0) is 14.0. The zero-order valence-corrected chi connectivity index (χ0v) is 11.6. The second-order valence-electron chi connectivity index (χ2n) is 4.23. The van der Waals surface area contributed by atoms with Gasteiger partial charge < -0.3 is 14.9 Å². The Bertz CT molecular complexity index is 563. The van der Waals surface area contributed by atoms with Gasteiger partial charge >= 0.3 is 5.97 Å². The van der Waals surface area contributed by atoms with E-state index in [2.05, 4.69) is 10.5 Å². The highest BCUT2D eigenvalue weighted by atomic mass is 32.1. The molecule has 1 heterocycles. The van der Waals surface area contributed by atoms with E-state index in [-0.39, 0.29) is 10.9 Å². The Balaban J connectivity index is 2.43. The van der Waals surface area contributed by atoms with Gasteiger partial charge in [0.15, 0.2) is 5.11 Å². The molecule has 0 spiro atoms.